The number of carbonyl (C=O) groups excluding carboxylic acids is 1. The summed E-state index contributed by atoms with van der Waals surface area (Å²) in [5.41, 5.74) is 5.40. The Morgan fingerprint density at radius 1 is 1.52 bits per heavy atom. The topological polar surface area (TPSA) is 61.5 Å². The zero-order valence-corrected chi connectivity index (χ0v) is 12.3. The molecule has 0 aliphatic carbocycles. The Morgan fingerprint density at radius 2 is 2.33 bits per heavy atom. The second-order valence-corrected chi connectivity index (χ2v) is 5.48. The monoisotopic (exact) mass is 295 g/mol. The van der Waals surface area contributed by atoms with Crippen molar-refractivity contribution in [3.8, 4) is 0 Å². The number of carbonyl (C=O) groups is 1. The van der Waals surface area contributed by atoms with Crippen LogP contribution in [-0.2, 0) is 19.7 Å². The Balaban J connectivity index is 2.34. The van der Waals surface area contributed by atoms with E-state index in [0.29, 0.717) is 18.6 Å². The van der Waals surface area contributed by atoms with Crippen molar-refractivity contribution < 1.29 is 18.7 Å². The first kappa shape index (κ1) is 15.9. The Labute approximate surface area is 124 Å². The third kappa shape index (κ3) is 3.41. The molecule has 1 fully saturated rings. The molecule has 1 saturated heterocycles. The van der Waals surface area contributed by atoms with Gasteiger partial charge in [0.1, 0.15) is 11.2 Å². The highest BCUT2D eigenvalue weighted by Crippen LogP contribution is 2.33. The SMILES string of the molecule is COC(=O)C(CN)(CC1CCCCO1)c1cccc(F)c1. The van der Waals surface area contributed by atoms with Crippen molar-refractivity contribution in [1.29, 1.82) is 0 Å². The van der Waals surface area contributed by atoms with E-state index in [1.165, 1.54) is 19.2 Å². The second kappa shape index (κ2) is 7.00. The van der Waals surface area contributed by atoms with Gasteiger partial charge in [-0.1, -0.05) is 12.1 Å². The number of rotatable bonds is 5. The minimum Gasteiger partial charge on any atom is -0.468 e. The number of hydrogen-bond acceptors (Lipinski definition) is 4. The molecule has 4 nitrogen and oxygen atoms in total. The summed E-state index contributed by atoms with van der Waals surface area (Å²) < 4.78 is 24.2. The van der Waals surface area contributed by atoms with E-state index in [1.54, 1.807) is 12.1 Å². The minimum atomic E-state index is -1.06. The molecule has 0 amide bonds. The van der Waals surface area contributed by atoms with Crippen LogP contribution in [0.3, 0.4) is 0 Å². The summed E-state index contributed by atoms with van der Waals surface area (Å²) in [4.78, 5) is 12.4. The fourth-order valence-electron chi connectivity index (χ4n) is 2.94. The first-order valence-electron chi connectivity index (χ1n) is 7.28. The summed E-state index contributed by atoms with van der Waals surface area (Å²) in [5.74, 6) is -0.830. The van der Waals surface area contributed by atoms with Crippen LogP contribution in [0.25, 0.3) is 0 Å². The van der Waals surface area contributed by atoms with Crippen LogP contribution in [0.5, 0.6) is 0 Å². The molecule has 0 bridgehead atoms. The highest BCUT2D eigenvalue weighted by molar-refractivity contribution is 5.83. The number of benzene rings is 1. The third-order valence-electron chi connectivity index (χ3n) is 4.15. The van der Waals surface area contributed by atoms with Crippen LogP contribution in [-0.4, -0.2) is 32.3 Å². The molecule has 1 aromatic rings. The average Bonchev–Trinajstić information content (AvgIpc) is 2.53. The maximum Gasteiger partial charge on any atom is 0.317 e. The maximum atomic E-state index is 13.6. The van der Waals surface area contributed by atoms with Gasteiger partial charge in [0.25, 0.3) is 0 Å². The quantitative estimate of drug-likeness (QED) is 0.846. The predicted molar refractivity (Wildman–Crippen MR) is 77.4 cm³/mol. The highest BCUT2D eigenvalue weighted by Gasteiger charge is 2.43. The van der Waals surface area contributed by atoms with Gasteiger partial charge < -0.3 is 15.2 Å². The number of ether oxygens (including phenoxy) is 2. The molecule has 1 heterocycles. The molecule has 0 radical (unpaired) electrons. The fourth-order valence-corrected chi connectivity index (χ4v) is 2.94. The van der Waals surface area contributed by atoms with Crippen molar-refractivity contribution in [2.45, 2.75) is 37.2 Å². The lowest BCUT2D eigenvalue weighted by Crippen LogP contribution is -2.47. The number of esters is 1. The molecule has 2 rings (SSSR count). The van der Waals surface area contributed by atoms with Gasteiger partial charge in [0.05, 0.1) is 13.2 Å². The Hall–Kier alpha value is -1.46. The molecule has 116 valence electrons. The number of hydrogen-bond donors (Lipinski definition) is 1. The average molecular weight is 295 g/mol. The third-order valence-corrected chi connectivity index (χ3v) is 4.15. The molecule has 0 aromatic heterocycles. The van der Waals surface area contributed by atoms with Crippen LogP contribution in [0.4, 0.5) is 4.39 Å². The molecule has 5 heteroatoms. The summed E-state index contributed by atoms with van der Waals surface area (Å²) in [7, 11) is 1.33. The molecular formula is C16H22FNO3. The van der Waals surface area contributed by atoms with Crippen LogP contribution in [0.2, 0.25) is 0 Å². The molecule has 2 atom stereocenters. The lowest BCUT2D eigenvalue weighted by atomic mass is 9.75. The number of halogens is 1. The molecule has 0 spiro atoms. The van der Waals surface area contributed by atoms with Gasteiger partial charge in [-0.2, -0.15) is 0 Å². The van der Waals surface area contributed by atoms with Gasteiger partial charge in [0.2, 0.25) is 0 Å². The van der Waals surface area contributed by atoms with Crippen molar-refractivity contribution in [3.05, 3.63) is 35.6 Å². The first-order chi connectivity index (χ1) is 10.1. The summed E-state index contributed by atoms with van der Waals surface area (Å²) in [6.45, 7) is 0.749. The summed E-state index contributed by atoms with van der Waals surface area (Å²) in [6.07, 6.45) is 3.35. The molecule has 21 heavy (non-hydrogen) atoms. The van der Waals surface area contributed by atoms with Crippen molar-refractivity contribution in [1.82, 2.24) is 0 Å². The minimum absolute atomic E-state index is 0.0512. The molecule has 0 saturated carbocycles. The van der Waals surface area contributed by atoms with E-state index in [4.69, 9.17) is 15.2 Å². The zero-order chi connectivity index (χ0) is 15.3. The number of nitrogens with two attached hydrogens (primary N) is 1. The van der Waals surface area contributed by atoms with Crippen LogP contribution in [0.1, 0.15) is 31.2 Å². The van der Waals surface area contributed by atoms with Gasteiger partial charge >= 0.3 is 5.97 Å². The molecule has 1 aliphatic rings. The zero-order valence-electron chi connectivity index (χ0n) is 12.3. The van der Waals surface area contributed by atoms with Crippen LogP contribution in [0, 0.1) is 5.82 Å². The summed E-state index contributed by atoms with van der Waals surface area (Å²) >= 11 is 0. The Morgan fingerprint density at radius 3 is 2.90 bits per heavy atom. The predicted octanol–water partition coefficient (Wildman–Crippen LogP) is 2.15. The van der Waals surface area contributed by atoms with Gasteiger partial charge in [0, 0.05) is 13.2 Å². The number of methoxy groups -OCH3 is 1. The van der Waals surface area contributed by atoms with Crippen LogP contribution in [0.15, 0.2) is 24.3 Å². The van der Waals surface area contributed by atoms with E-state index >= 15 is 0 Å². The Bertz CT molecular complexity index is 488. The van der Waals surface area contributed by atoms with Crippen LogP contribution >= 0.6 is 0 Å². The first-order valence-corrected chi connectivity index (χ1v) is 7.28. The lowest BCUT2D eigenvalue weighted by molar-refractivity contribution is -0.149. The molecule has 2 unspecified atom stereocenters. The van der Waals surface area contributed by atoms with E-state index in [-0.39, 0.29) is 12.6 Å². The molecule has 1 aliphatic heterocycles. The second-order valence-electron chi connectivity index (χ2n) is 5.48. The van der Waals surface area contributed by atoms with E-state index in [0.717, 1.165) is 19.3 Å². The van der Waals surface area contributed by atoms with Gasteiger partial charge in [-0.25, -0.2) is 4.39 Å². The van der Waals surface area contributed by atoms with Crippen LogP contribution < -0.4 is 5.73 Å². The van der Waals surface area contributed by atoms with E-state index < -0.39 is 17.2 Å². The largest absolute Gasteiger partial charge is 0.468 e. The molecular weight excluding hydrogens is 273 g/mol. The van der Waals surface area contributed by atoms with E-state index in [2.05, 4.69) is 0 Å². The molecule has 2 N–H and O–H groups in total. The lowest BCUT2D eigenvalue weighted by Gasteiger charge is -2.35. The maximum absolute atomic E-state index is 13.6. The fraction of sp³-hybridized carbons (Fsp3) is 0.562. The van der Waals surface area contributed by atoms with Crippen molar-refractivity contribution in [2.24, 2.45) is 5.73 Å². The Kier molecular flexibility index (Phi) is 5.31. The highest BCUT2D eigenvalue weighted by atomic mass is 19.1. The van der Waals surface area contributed by atoms with Gasteiger partial charge in [0.15, 0.2) is 0 Å². The van der Waals surface area contributed by atoms with Gasteiger partial charge in [-0.3, -0.25) is 4.79 Å². The van der Waals surface area contributed by atoms with Crippen molar-refractivity contribution in [3.63, 3.8) is 0 Å². The normalized spacial score (nSPS) is 21.6. The smallest absolute Gasteiger partial charge is 0.317 e. The van der Waals surface area contributed by atoms with E-state index in [1.807, 2.05) is 0 Å². The van der Waals surface area contributed by atoms with E-state index in [9.17, 15) is 9.18 Å². The molecule has 1 aromatic carbocycles. The van der Waals surface area contributed by atoms with Gasteiger partial charge in [-0.15, -0.1) is 0 Å². The summed E-state index contributed by atoms with van der Waals surface area (Å²) in [6, 6.07) is 6.00. The standard InChI is InChI=1S/C16H22FNO3/c1-20-15(19)16(11-18,10-14-7-2-3-8-21-14)12-5-4-6-13(17)9-12/h4-6,9,14H,2-3,7-8,10-11,18H2,1H3. The van der Waals surface area contributed by atoms with Gasteiger partial charge in [-0.05, 0) is 43.4 Å². The van der Waals surface area contributed by atoms with Crippen molar-refractivity contribution >= 4 is 5.97 Å². The summed E-state index contributed by atoms with van der Waals surface area (Å²) in [5, 5.41) is 0. The van der Waals surface area contributed by atoms with Crippen molar-refractivity contribution in [2.75, 3.05) is 20.3 Å².